The van der Waals surface area contributed by atoms with Crippen molar-refractivity contribution < 1.29 is 14.4 Å². The zero-order valence-corrected chi connectivity index (χ0v) is 21.2. The van der Waals surface area contributed by atoms with Crippen molar-refractivity contribution in [2.75, 3.05) is 18.4 Å². The third-order valence-corrected chi connectivity index (χ3v) is 6.77. The van der Waals surface area contributed by atoms with Crippen molar-refractivity contribution in [2.45, 2.75) is 46.1 Å². The van der Waals surface area contributed by atoms with Crippen LogP contribution in [0.1, 0.15) is 37.8 Å². The topological polar surface area (TPSA) is 91.4 Å². The summed E-state index contributed by atoms with van der Waals surface area (Å²) in [7, 11) is 0. The number of hydrogen-bond acceptors (Lipinski definition) is 4. The Labute approximate surface area is 212 Å². The van der Waals surface area contributed by atoms with Gasteiger partial charge in [-0.2, -0.15) is 0 Å². The predicted molar refractivity (Wildman–Crippen MR) is 141 cm³/mol. The number of benzene rings is 2. The van der Waals surface area contributed by atoms with E-state index in [4.69, 9.17) is 0 Å². The van der Waals surface area contributed by atoms with Gasteiger partial charge in [-0.05, 0) is 53.6 Å². The number of anilines is 1. The van der Waals surface area contributed by atoms with Gasteiger partial charge in [-0.15, -0.1) is 0 Å². The van der Waals surface area contributed by atoms with Crippen molar-refractivity contribution in [3.63, 3.8) is 0 Å². The number of rotatable bonds is 7. The molecule has 0 bridgehead atoms. The van der Waals surface area contributed by atoms with Gasteiger partial charge >= 0.3 is 0 Å². The molecule has 0 radical (unpaired) electrons. The fraction of sp³-hybridized carbons (Fsp3) is 0.379. The summed E-state index contributed by atoms with van der Waals surface area (Å²) >= 11 is 0. The normalized spacial score (nSPS) is 15.1. The number of nitrogens with zero attached hydrogens (tertiary/aromatic N) is 2. The summed E-state index contributed by atoms with van der Waals surface area (Å²) in [5, 5.41) is 8.05. The maximum atomic E-state index is 13.3. The molecule has 1 saturated heterocycles. The minimum absolute atomic E-state index is 0.0494. The van der Waals surface area contributed by atoms with E-state index in [1.807, 2.05) is 69.3 Å². The van der Waals surface area contributed by atoms with E-state index in [-0.39, 0.29) is 36.0 Å². The van der Waals surface area contributed by atoms with Crippen molar-refractivity contribution in [1.82, 2.24) is 15.2 Å². The molecule has 7 nitrogen and oxygen atoms in total. The molecular weight excluding hydrogens is 452 g/mol. The first kappa shape index (κ1) is 25.4. The Balaban J connectivity index is 1.31. The number of piperidine rings is 1. The van der Waals surface area contributed by atoms with Crippen molar-refractivity contribution in [2.24, 2.45) is 11.8 Å². The van der Waals surface area contributed by atoms with E-state index in [1.54, 1.807) is 17.2 Å². The summed E-state index contributed by atoms with van der Waals surface area (Å²) in [6.45, 7) is 6.80. The van der Waals surface area contributed by atoms with Gasteiger partial charge < -0.3 is 15.5 Å². The predicted octanol–water partition coefficient (Wildman–Crippen LogP) is 4.10. The van der Waals surface area contributed by atoms with Crippen LogP contribution in [-0.2, 0) is 20.8 Å². The number of aromatic nitrogens is 1. The highest BCUT2D eigenvalue weighted by atomic mass is 16.2. The molecule has 188 valence electrons. The molecule has 3 amide bonds. The van der Waals surface area contributed by atoms with Gasteiger partial charge in [0.1, 0.15) is 11.9 Å². The molecule has 36 heavy (non-hydrogen) atoms. The average molecular weight is 487 g/mol. The molecule has 2 heterocycles. The number of carbonyl (C=O) groups excluding carboxylic acids is 3. The molecule has 1 aliphatic rings. The van der Waals surface area contributed by atoms with Crippen molar-refractivity contribution in [3.05, 3.63) is 71.9 Å². The number of fused-ring (bicyclic) bond motifs is 1. The highest BCUT2D eigenvalue weighted by Gasteiger charge is 2.33. The Hall–Kier alpha value is -3.74. The molecule has 1 atom stereocenters. The molecule has 0 saturated carbocycles. The molecule has 1 unspecified atom stereocenters. The monoisotopic (exact) mass is 486 g/mol. The molecule has 1 aliphatic heterocycles. The molecule has 0 aliphatic carbocycles. The van der Waals surface area contributed by atoms with Crippen LogP contribution in [0.25, 0.3) is 10.8 Å². The van der Waals surface area contributed by atoms with Crippen LogP contribution in [0.5, 0.6) is 0 Å². The van der Waals surface area contributed by atoms with Gasteiger partial charge in [0, 0.05) is 25.2 Å². The molecule has 4 rings (SSSR count). The van der Waals surface area contributed by atoms with Crippen LogP contribution in [0.15, 0.2) is 60.8 Å². The maximum absolute atomic E-state index is 13.3. The van der Waals surface area contributed by atoms with Crippen LogP contribution in [0.4, 0.5) is 5.82 Å². The lowest BCUT2D eigenvalue weighted by molar-refractivity contribution is -0.139. The van der Waals surface area contributed by atoms with Crippen LogP contribution in [0.3, 0.4) is 0 Å². The maximum Gasteiger partial charge on any atom is 0.245 e. The second-order valence-corrected chi connectivity index (χ2v) is 9.96. The highest BCUT2D eigenvalue weighted by molar-refractivity contribution is 5.92. The lowest BCUT2D eigenvalue weighted by Crippen LogP contribution is -2.53. The lowest BCUT2D eigenvalue weighted by atomic mass is 9.94. The molecule has 1 aromatic heterocycles. The van der Waals surface area contributed by atoms with Crippen LogP contribution in [0, 0.1) is 18.8 Å². The number of amides is 3. The molecule has 3 aromatic rings. The summed E-state index contributed by atoms with van der Waals surface area (Å²) in [4.78, 5) is 44.8. The standard InChI is InChI=1S/C29H34N4O3/c1-19(2)27(32-26(34)17-21-9-10-22-6-4-5-7-24(22)16-21)29(36)33-14-12-23(13-15-33)28(35)31-25-11-8-20(3)18-30-25/h4-11,16,18-19,23,27H,12-15,17H2,1-3H3,(H,32,34)(H,30,31,35). The number of hydrogen-bond donors (Lipinski definition) is 2. The molecule has 2 aromatic carbocycles. The van der Waals surface area contributed by atoms with E-state index >= 15 is 0 Å². The Morgan fingerprint density at radius 3 is 2.39 bits per heavy atom. The number of aryl methyl sites for hydroxylation is 1. The zero-order valence-electron chi connectivity index (χ0n) is 21.2. The first-order valence-corrected chi connectivity index (χ1v) is 12.6. The van der Waals surface area contributed by atoms with Gasteiger partial charge in [-0.25, -0.2) is 4.98 Å². The van der Waals surface area contributed by atoms with E-state index in [1.165, 1.54) is 0 Å². The van der Waals surface area contributed by atoms with E-state index in [0.29, 0.717) is 31.7 Å². The van der Waals surface area contributed by atoms with Crippen LogP contribution in [-0.4, -0.2) is 46.7 Å². The largest absolute Gasteiger partial charge is 0.344 e. The van der Waals surface area contributed by atoms with Crippen LogP contribution < -0.4 is 10.6 Å². The first-order chi connectivity index (χ1) is 17.3. The quantitative estimate of drug-likeness (QED) is 0.526. The fourth-order valence-electron chi connectivity index (χ4n) is 4.60. The number of carbonyl (C=O) groups is 3. The third-order valence-electron chi connectivity index (χ3n) is 6.77. The molecule has 2 N–H and O–H groups in total. The van der Waals surface area contributed by atoms with Crippen molar-refractivity contribution in [1.29, 1.82) is 0 Å². The SMILES string of the molecule is Cc1ccc(NC(=O)C2CCN(C(=O)C(NC(=O)Cc3ccc4ccccc4c3)C(C)C)CC2)nc1. The van der Waals surface area contributed by atoms with Crippen LogP contribution >= 0.6 is 0 Å². The third kappa shape index (κ3) is 6.27. The van der Waals surface area contributed by atoms with Gasteiger partial charge in [0.05, 0.1) is 6.42 Å². The van der Waals surface area contributed by atoms with Gasteiger partial charge in [0.25, 0.3) is 0 Å². The van der Waals surface area contributed by atoms with Gasteiger partial charge in [0.15, 0.2) is 0 Å². The summed E-state index contributed by atoms with van der Waals surface area (Å²) in [6.07, 6.45) is 3.10. The molecular formula is C29H34N4O3. The molecule has 7 heteroatoms. The Kier molecular flexibility index (Phi) is 7.98. The minimum atomic E-state index is -0.597. The average Bonchev–Trinajstić information content (AvgIpc) is 2.88. The lowest BCUT2D eigenvalue weighted by Gasteiger charge is -2.35. The van der Waals surface area contributed by atoms with E-state index in [0.717, 1.165) is 21.9 Å². The Bertz CT molecular complexity index is 1230. The van der Waals surface area contributed by atoms with Crippen molar-refractivity contribution >= 4 is 34.3 Å². The van der Waals surface area contributed by atoms with Crippen molar-refractivity contribution in [3.8, 4) is 0 Å². The van der Waals surface area contributed by atoms with E-state index < -0.39 is 6.04 Å². The summed E-state index contributed by atoms with van der Waals surface area (Å²) in [5.74, 6) is -0.00222. The molecule has 0 spiro atoms. The zero-order chi connectivity index (χ0) is 25.7. The first-order valence-electron chi connectivity index (χ1n) is 12.6. The highest BCUT2D eigenvalue weighted by Crippen LogP contribution is 2.21. The summed E-state index contributed by atoms with van der Waals surface area (Å²) in [5.41, 5.74) is 1.94. The second-order valence-electron chi connectivity index (χ2n) is 9.96. The fourth-order valence-corrected chi connectivity index (χ4v) is 4.60. The number of likely N-dealkylation sites (tertiary alicyclic amines) is 1. The summed E-state index contributed by atoms with van der Waals surface area (Å²) in [6, 6.07) is 17.1. The Morgan fingerprint density at radius 2 is 1.72 bits per heavy atom. The molecule has 1 fully saturated rings. The number of pyridine rings is 1. The van der Waals surface area contributed by atoms with E-state index in [2.05, 4.69) is 15.6 Å². The van der Waals surface area contributed by atoms with E-state index in [9.17, 15) is 14.4 Å². The van der Waals surface area contributed by atoms with Crippen LogP contribution in [0.2, 0.25) is 0 Å². The van der Waals surface area contributed by atoms with Gasteiger partial charge in [0.2, 0.25) is 17.7 Å². The minimum Gasteiger partial charge on any atom is -0.344 e. The smallest absolute Gasteiger partial charge is 0.245 e. The second kappa shape index (κ2) is 11.3. The van der Waals surface area contributed by atoms with Gasteiger partial charge in [-0.3, -0.25) is 14.4 Å². The number of nitrogens with one attached hydrogen (secondary N) is 2. The van der Waals surface area contributed by atoms with Gasteiger partial charge in [-0.1, -0.05) is 62.4 Å². The Morgan fingerprint density at radius 1 is 1.00 bits per heavy atom. The summed E-state index contributed by atoms with van der Waals surface area (Å²) < 4.78 is 0.